The highest BCUT2D eigenvalue weighted by molar-refractivity contribution is 8.00. The Balaban J connectivity index is 2.00. The van der Waals surface area contributed by atoms with E-state index in [1.54, 1.807) is 6.92 Å². The summed E-state index contributed by atoms with van der Waals surface area (Å²) in [6.07, 6.45) is 0. The average Bonchev–Trinajstić information content (AvgIpc) is 2.98. The summed E-state index contributed by atoms with van der Waals surface area (Å²) in [5, 5.41) is 12.3. The first-order chi connectivity index (χ1) is 11.6. The Morgan fingerprint density at radius 2 is 1.67 bits per heavy atom. The number of carbonyl (C=O) groups is 1. The second-order valence-corrected chi connectivity index (χ2v) is 6.65. The Kier molecular flexibility index (Phi) is 4.96. The summed E-state index contributed by atoms with van der Waals surface area (Å²) in [5.41, 5.74) is 1.87. The lowest BCUT2D eigenvalue weighted by molar-refractivity contribution is -0.116. The fourth-order valence-corrected chi connectivity index (χ4v) is 3.00. The summed E-state index contributed by atoms with van der Waals surface area (Å²) in [4.78, 5) is 11.6. The predicted octanol–water partition coefficient (Wildman–Crippen LogP) is 4.08. The van der Waals surface area contributed by atoms with E-state index in [1.807, 2.05) is 72.2 Å². The first-order valence-electron chi connectivity index (χ1n) is 7.65. The highest BCUT2D eigenvalue weighted by atomic mass is 32.2. The lowest BCUT2D eigenvalue weighted by Gasteiger charge is -2.12. The number of hydrogen-bond donors (Lipinski definition) is 1. The van der Waals surface area contributed by atoms with E-state index in [2.05, 4.69) is 15.5 Å². The van der Waals surface area contributed by atoms with Crippen LogP contribution in [0.2, 0.25) is 0 Å². The maximum absolute atomic E-state index is 11.6. The van der Waals surface area contributed by atoms with Crippen molar-refractivity contribution in [1.82, 2.24) is 14.8 Å². The van der Waals surface area contributed by atoms with Gasteiger partial charge in [-0.15, -0.1) is 10.2 Å². The van der Waals surface area contributed by atoms with Crippen molar-refractivity contribution in [2.45, 2.75) is 24.3 Å². The van der Waals surface area contributed by atoms with Gasteiger partial charge in [0.15, 0.2) is 5.16 Å². The molecule has 2 aromatic carbocycles. The number of thioether (sulfide) groups is 1. The minimum absolute atomic E-state index is 0.111. The smallest absolute Gasteiger partial charge is 0.234 e. The second kappa shape index (κ2) is 7.31. The fraction of sp³-hybridized carbons (Fsp3) is 0.167. The highest BCUT2D eigenvalue weighted by Gasteiger charge is 2.19. The molecule has 1 atom stereocenters. The molecule has 1 aromatic heterocycles. The van der Waals surface area contributed by atoms with E-state index in [0.29, 0.717) is 11.1 Å². The number of benzene rings is 2. The minimum Gasteiger partial charge on any atom is -0.324 e. The Bertz CT molecular complexity index is 818. The van der Waals surface area contributed by atoms with Gasteiger partial charge in [-0.3, -0.25) is 9.36 Å². The standard InChI is InChI=1S/C18H18N4OS/c1-13(23)14(2)24-18-21-20-17(19-15-9-5-3-6-10-15)22(18)16-11-7-4-8-12-16/h3-12,14H,1-2H3,(H,19,20). The number of carbonyl (C=O) groups excluding carboxylic acids is 1. The molecule has 5 nitrogen and oxygen atoms in total. The normalized spacial score (nSPS) is 11.9. The number of rotatable bonds is 6. The molecule has 1 unspecified atom stereocenters. The summed E-state index contributed by atoms with van der Waals surface area (Å²) in [7, 11) is 0. The molecule has 0 bridgehead atoms. The lowest BCUT2D eigenvalue weighted by Crippen LogP contribution is -2.10. The van der Waals surface area contributed by atoms with Gasteiger partial charge >= 0.3 is 0 Å². The summed E-state index contributed by atoms with van der Waals surface area (Å²) < 4.78 is 1.93. The maximum Gasteiger partial charge on any atom is 0.234 e. The van der Waals surface area contributed by atoms with E-state index in [4.69, 9.17) is 0 Å². The SMILES string of the molecule is CC(=O)C(C)Sc1nnc(Nc2ccccc2)n1-c1ccccc1. The first-order valence-corrected chi connectivity index (χ1v) is 8.53. The molecule has 3 rings (SSSR count). The van der Waals surface area contributed by atoms with Crippen molar-refractivity contribution in [3.8, 4) is 5.69 Å². The van der Waals surface area contributed by atoms with E-state index >= 15 is 0 Å². The van der Waals surface area contributed by atoms with E-state index in [0.717, 1.165) is 11.4 Å². The van der Waals surface area contributed by atoms with Crippen molar-refractivity contribution in [1.29, 1.82) is 0 Å². The zero-order valence-corrected chi connectivity index (χ0v) is 14.3. The maximum atomic E-state index is 11.6. The van der Waals surface area contributed by atoms with Crippen molar-refractivity contribution in [2.24, 2.45) is 0 Å². The number of nitrogens with zero attached hydrogens (tertiary/aromatic N) is 3. The van der Waals surface area contributed by atoms with Gasteiger partial charge in [-0.25, -0.2) is 0 Å². The zero-order valence-electron chi connectivity index (χ0n) is 13.5. The third-order valence-electron chi connectivity index (χ3n) is 3.53. The Hall–Kier alpha value is -2.60. The molecule has 122 valence electrons. The van der Waals surface area contributed by atoms with E-state index < -0.39 is 0 Å². The highest BCUT2D eigenvalue weighted by Crippen LogP contribution is 2.29. The van der Waals surface area contributed by atoms with E-state index in [-0.39, 0.29) is 11.0 Å². The number of nitrogens with one attached hydrogen (secondary N) is 1. The molecule has 0 aliphatic carbocycles. The van der Waals surface area contributed by atoms with Gasteiger partial charge in [0.2, 0.25) is 5.95 Å². The summed E-state index contributed by atoms with van der Waals surface area (Å²) in [5.74, 6) is 0.728. The van der Waals surface area contributed by atoms with Crippen molar-refractivity contribution >= 4 is 29.2 Å². The second-order valence-electron chi connectivity index (χ2n) is 5.34. The van der Waals surface area contributed by atoms with E-state index in [1.165, 1.54) is 11.8 Å². The van der Waals surface area contributed by atoms with Crippen LogP contribution in [0.3, 0.4) is 0 Å². The number of anilines is 2. The molecule has 0 aliphatic heterocycles. The fourth-order valence-electron chi connectivity index (χ4n) is 2.13. The molecule has 0 fully saturated rings. The number of para-hydroxylation sites is 2. The quantitative estimate of drug-likeness (QED) is 0.686. The molecule has 24 heavy (non-hydrogen) atoms. The van der Waals surface area contributed by atoms with Crippen LogP contribution in [0.4, 0.5) is 11.6 Å². The summed E-state index contributed by atoms with van der Waals surface area (Å²) >= 11 is 1.40. The number of ketones is 1. The van der Waals surface area contributed by atoms with Crippen LogP contribution in [0.5, 0.6) is 0 Å². The molecule has 0 saturated carbocycles. The molecule has 1 N–H and O–H groups in total. The van der Waals surface area contributed by atoms with Gasteiger partial charge in [0.25, 0.3) is 0 Å². The van der Waals surface area contributed by atoms with Crippen LogP contribution >= 0.6 is 11.8 Å². The van der Waals surface area contributed by atoms with Crippen LogP contribution < -0.4 is 5.32 Å². The largest absolute Gasteiger partial charge is 0.324 e. The van der Waals surface area contributed by atoms with Gasteiger partial charge in [-0.05, 0) is 38.1 Å². The molecule has 0 saturated heterocycles. The van der Waals surface area contributed by atoms with Crippen LogP contribution in [0.15, 0.2) is 65.8 Å². The Labute approximate surface area is 145 Å². The molecule has 0 radical (unpaired) electrons. The topological polar surface area (TPSA) is 59.8 Å². The van der Waals surface area contributed by atoms with Crippen LogP contribution in [0.25, 0.3) is 5.69 Å². The third kappa shape index (κ3) is 3.65. The third-order valence-corrected chi connectivity index (χ3v) is 4.69. The molecular formula is C18H18N4OS. The summed E-state index contributed by atoms with van der Waals surface area (Å²) in [6.45, 7) is 3.46. The molecule has 6 heteroatoms. The summed E-state index contributed by atoms with van der Waals surface area (Å²) in [6, 6.07) is 19.7. The molecule has 0 amide bonds. The minimum atomic E-state index is -0.179. The van der Waals surface area contributed by atoms with Crippen LogP contribution in [0.1, 0.15) is 13.8 Å². The molecule has 3 aromatic rings. The molecule has 0 spiro atoms. The monoisotopic (exact) mass is 338 g/mol. The molecule has 0 aliphatic rings. The number of Topliss-reactive ketones (excluding diaryl/α,β-unsaturated/α-hetero) is 1. The van der Waals surface area contributed by atoms with Gasteiger partial charge in [-0.1, -0.05) is 48.2 Å². The van der Waals surface area contributed by atoms with Crippen LogP contribution in [-0.2, 0) is 4.79 Å². The lowest BCUT2D eigenvalue weighted by atomic mass is 10.3. The Morgan fingerprint density at radius 3 is 2.29 bits per heavy atom. The van der Waals surface area contributed by atoms with Crippen molar-refractivity contribution in [3.63, 3.8) is 0 Å². The van der Waals surface area contributed by atoms with Crippen LogP contribution in [0, 0.1) is 0 Å². The van der Waals surface area contributed by atoms with Crippen molar-refractivity contribution in [2.75, 3.05) is 5.32 Å². The van der Waals surface area contributed by atoms with Gasteiger partial charge in [0.05, 0.1) is 10.9 Å². The average molecular weight is 338 g/mol. The van der Waals surface area contributed by atoms with Gasteiger partial charge in [-0.2, -0.15) is 0 Å². The Morgan fingerprint density at radius 1 is 1.04 bits per heavy atom. The van der Waals surface area contributed by atoms with Crippen molar-refractivity contribution < 1.29 is 4.79 Å². The molecular weight excluding hydrogens is 320 g/mol. The first kappa shape index (κ1) is 16.3. The van der Waals surface area contributed by atoms with Crippen molar-refractivity contribution in [3.05, 3.63) is 60.7 Å². The number of aromatic nitrogens is 3. The van der Waals surface area contributed by atoms with Gasteiger partial charge in [0.1, 0.15) is 5.78 Å². The van der Waals surface area contributed by atoms with Gasteiger partial charge in [0, 0.05) is 5.69 Å². The van der Waals surface area contributed by atoms with Crippen LogP contribution in [-0.4, -0.2) is 25.8 Å². The van der Waals surface area contributed by atoms with E-state index in [9.17, 15) is 4.79 Å². The van der Waals surface area contributed by atoms with Gasteiger partial charge < -0.3 is 5.32 Å². The number of hydrogen-bond acceptors (Lipinski definition) is 5. The molecule has 1 heterocycles. The predicted molar refractivity (Wildman–Crippen MR) is 97.1 cm³/mol. The zero-order chi connectivity index (χ0) is 16.9.